The highest BCUT2D eigenvalue weighted by Crippen LogP contribution is 2.43. The van der Waals surface area contributed by atoms with E-state index in [0.29, 0.717) is 17.9 Å². The van der Waals surface area contributed by atoms with Crippen molar-refractivity contribution in [3.63, 3.8) is 0 Å². The molecule has 0 amide bonds. The maximum Gasteiger partial charge on any atom is 0.510 e. The minimum absolute atomic E-state index is 0.0352. The molecule has 194 valence electrons. The normalized spacial score (nSPS) is 30.5. The number of hydrogen-bond donors (Lipinski definition) is 0. The lowest BCUT2D eigenvalue weighted by molar-refractivity contribution is -0.0530. The van der Waals surface area contributed by atoms with E-state index in [9.17, 15) is 9.18 Å². The Morgan fingerprint density at radius 1 is 1.11 bits per heavy atom. The number of hydrogen-bond acceptors (Lipinski definition) is 6. The zero-order valence-electron chi connectivity index (χ0n) is 21.8. The van der Waals surface area contributed by atoms with Crippen LogP contribution in [0.1, 0.15) is 82.7 Å². The highest BCUT2D eigenvalue weighted by molar-refractivity contribution is 5.64. The van der Waals surface area contributed by atoms with Gasteiger partial charge in [0.05, 0.1) is 19.5 Å². The summed E-state index contributed by atoms with van der Waals surface area (Å²) in [5, 5.41) is 0. The number of aliphatic imine (C=N–C) groups is 1. The first-order valence-electron chi connectivity index (χ1n) is 13.3. The number of carbonyl (C=O) groups excluding carboxylic acids is 1. The fourth-order valence-corrected chi connectivity index (χ4v) is 6.70. The van der Waals surface area contributed by atoms with Crippen molar-refractivity contribution in [2.45, 2.75) is 95.0 Å². The van der Waals surface area contributed by atoms with Crippen molar-refractivity contribution in [2.24, 2.45) is 16.8 Å². The van der Waals surface area contributed by atoms with Crippen LogP contribution in [0.15, 0.2) is 29.3 Å². The molecule has 0 aromatic heterocycles. The molecular formula is C28H42FN3O3. The van der Waals surface area contributed by atoms with E-state index in [1.807, 2.05) is 25.4 Å². The molecule has 2 fully saturated rings. The molecule has 0 N–H and O–H groups in total. The van der Waals surface area contributed by atoms with Crippen LogP contribution >= 0.6 is 0 Å². The Morgan fingerprint density at radius 2 is 1.77 bits per heavy atom. The van der Waals surface area contributed by atoms with E-state index in [1.54, 1.807) is 12.1 Å². The molecule has 3 unspecified atom stereocenters. The number of carbonyl (C=O) groups is 1. The van der Waals surface area contributed by atoms with Crippen LogP contribution in [-0.2, 0) is 9.47 Å². The summed E-state index contributed by atoms with van der Waals surface area (Å²) in [6.45, 7) is 1.93. The molecule has 3 atom stereocenters. The lowest BCUT2D eigenvalue weighted by atomic mass is 9.74. The van der Waals surface area contributed by atoms with E-state index in [2.05, 4.69) is 23.9 Å². The minimum Gasteiger partial charge on any atom is -0.438 e. The van der Waals surface area contributed by atoms with E-state index in [4.69, 9.17) is 14.5 Å². The summed E-state index contributed by atoms with van der Waals surface area (Å²) in [5.41, 5.74) is 0.272. The molecule has 35 heavy (non-hydrogen) atoms. The zero-order valence-corrected chi connectivity index (χ0v) is 21.8. The average Bonchev–Trinajstić information content (AvgIpc) is 3.17. The maximum atomic E-state index is 13.5. The number of rotatable bonds is 7. The van der Waals surface area contributed by atoms with Crippen molar-refractivity contribution in [2.75, 3.05) is 21.2 Å². The van der Waals surface area contributed by atoms with Gasteiger partial charge in [-0.15, -0.1) is 0 Å². The molecule has 0 saturated heterocycles. The predicted octanol–water partition coefficient (Wildman–Crippen LogP) is 6.17. The Morgan fingerprint density at radius 3 is 2.37 bits per heavy atom. The molecule has 1 aromatic rings. The van der Waals surface area contributed by atoms with Crippen LogP contribution in [0.3, 0.4) is 0 Å². The van der Waals surface area contributed by atoms with Gasteiger partial charge in [-0.3, -0.25) is 0 Å². The Labute approximate surface area is 209 Å². The van der Waals surface area contributed by atoms with Crippen molar-refractivity contribution in [1.82, 2.24) is 9.80 Å². The van der Waals surface area contributed by atoms with Crippen molar-refractivity contribution in [3.05, 3.63) is 35.6 Å². The highest BCUT2D eigenvalue weighted by atomic mass is 19.1. The van der Waals surface area contributed by atoms with Gasteiger partial charge in [0.1, 0.15) is 5.82 Å². The van der Waals surface area contributed by atoms with Crippen LogP contribution in [0.5, 0.6) is 0 Å². The molecule has 1 aromatic carbocycles. The van der Waals surface area contributed by atoms with Gasteiger partial charge in [-0.05, 0) is 82.7 Å². The molecular weight excluding hydrogens is 445 g/mol. The second kappa shape index (κ2) is 11.3. The third-order valence-electron chi connectivity index (χ3n) is 8.54. The second-order valence-corrected chi connectivity index (χ2v) is 11.1. The summed E-state index contributed by atoms with van der Waals surface area (Å²) in [5.74, 6) is 0.910. The number of ether oxygens (including phenoxy) is 2. The van der Waals surface area contributed by atoms with Crippen LogP contribution in [0.25, 0.3) is 0 Å². The van der Waals surface area contributed by atoms with Gasteiger partial charge in [0.2, 0.25) is 5.72 Å². The first-order chi connectivity index (χ1) is 16.8. The number of nitrogens with zero attached hydrogens (tertiary/aromatic N) is 3. The monoisotopic (exact) mass is 487 g/mol. The zero-order chi connectivity index (χ0) is 25.0. The molecule has 7 heteroatoms. The Kier molecular flexibility index (Phi) is 8.35. The first-order valence-corrected chi connectivity index (χ1v) is 13.3. The van der Waals surface area contributed by atoms with E-state index in [1.165, 1.54) is 44.8 Å². The Balaban J connectivity index is 1.43. The third-order valence-corrected chi connectivity index (χ3v) is 8.54. The minimum atomic E-state index is -0.915. The van der Waals surface area contributed by atoms with E-state index < -0.39 is 11.9 Å². The topological polar surface area (TPSA) is 54.4 Å². The van der Waals surface area contributed by atoms with Gasteiger partial charge in [0.25, 0.3) is 0 Å². The highest BCUT2D eigenvalue weighted by Gasteiger charge is 2.48. The molecule has 0 spiro atoms. The standard InChI is InChI=1S/C28H42FN3O3/c1-28(35-27(33)34-4)25(32(19-30-28)24-8-6-5-7-9-24)18-20-10-12-21(13-11-20)26(31(2)3)22-14-16-23(29)17-15-22/h14-17,19-21,24-26H,5-13,18H2,1-4H3. The van der Waals surface area contributed by atoms with Gasteiger partial charge in [0.15, 0.2) is 0 Å². The molecule has 0 radical (unpaired) electrons. The molecule has 4 rings (SSSR count). The summed E-state index contributed by atoms with van der Waals surface area (Å²) in [6, 6.07) is 7.79. The lowest BCUT2D eigenvalue weighted by Crippen LogP contribution is -2.51. The number of methoxy groups -OCH3 is 1. The van der Waals surface area contributed by atoms with Crippen molar-refractivity contribution in [1.29, 1.82) is 0 Å². The second-order valence-electron chi connectivity index (χ2n) is 11.1. The van der Waals surface area contributed by atoms with Gasteiger partial charge < -0.3 is 19.3 Å². The Hall–Kier alpha value is -2.15. The van der Waals surface area contributed by atoms with Gasteiger partial charge in [-0.25, -0.2) is 14.2 Å². The van der Waals surface area contributed by atoms with Crippen LogP contribution in [-0.4, -0.2) is 61.3 Å². The molecule has 3 aliphatic rings. The van der Waals surface area contributed by atoms with Crippen molar-refractivity contribution < 1.29 is 18.7 Å². The fraction of sp³-hybridized carbons (Fsp3) is 0.714. The summed E-state index contributed by atoms with van der Waals surface area (Å²) in [4.78, 5) is 21.5. The van der Waals surface area contributed by atoms with Crippen LogP contribution in [0.2, 0.25) is 0 Å². The largest absolute Gasteiger partial charge is 0.510 e. The van der Waals surface area contributed by atoms with Crippen molar-refractivity contribution in [3.8, 4) is 0 Å². The molecule has 0 bridgehead atoms. The van der Waals surface area contributed by atoms with Crippen molar-refractivity contribution >= 4 is 12.5 Å². The molecule has 1 heterocycles. The maximum absolute atomic E-state index is 13.5. The first kappa shape index (κ1) is 25.9. The predicted molar refractivity (Wildman–Crippen MR) is 136 cm³/mol. The summed E-state index contributed by atoms with van der Waals surface area (Å²) >= 11 is 0. The van der Waals surface area contributed by atoms with E-state index >= 15 is 0 Å². The lowest BCUT2D eigenvalue weighted by Gasteiger charge is -2.43. The van der Waals surface area contributed by atoms with Gasteiger partial charge in [-0.1, -0.05) is 44.2 Å². The molecule has 6 nitrogen and oxygen atoms in total. The fourth-order valence-electron chi connectivity index (χ4n) is 6.70. The molecule has 2 saturated carbocycles. The van der Waals surface area contributed by atoms with Gasteiger partial charge in [-0.2, -0.15) is 0 Å². The number of halogens is 1. The smallest absolute Gasteiger partial charge is 0.438 e. The third kappa shape index (κ3) is 5.99. The van der Waals surface area contributed by atoms with Gasteiger partial charge >= 0.3 is 6.16 Å². The molecule has 1 aliphatic heterocycles. The van der Waals surface area contributed by atoms with Gasteiger partial charge in [0, 0.05) is 12.1 Å². The Bertz CT molecular complexity index is 863. The number of benzene rings is 1. The van der Waals surface area contributed by atoms with Crippen LogP contribution in [0, 0.1) is 17.7 Å². The average molecular weight is 488 g/mol. The SMILES string of the molecule is COC(=O)OC1(C)N=CN(C2CCCCC2)C1CC1CCC(C(c2ccc(F)cc2)N(C)C)CC1. The van der Waals surface area contributed by atoms with E-state index in [-0.39, 0.29) is 17.9 Å². The van der Waals surface area contributed by atoms with Crippen LogP contribution in [0.4, 0.5) is 9.18 Å². The molecule has 2 aliphatic carbocycles. The summed E-state index contributed by atoms with van der Waals surface area (Å²) in [7, 11) is 5.59. The summed E-state index contributed by atoms with van der Waals surface area (Å²) < 4.78 is 24.1. The quantitative estimate of drug-likeness (QED) is 0.431. The van der Waals surface area contributed by atoms with Crippen LogP contribution < -0.4 is 0 Å². The van der Waals surface area contributed by atoms with E-state index in [0.717, 1.165) is 32.1 Å². The summed E-state index contributed by atoms with van der Waals surface area (Å²) in [6.07, 6.45) is 12.9.